The third-order valence-electron chi connectivity index (χ3n) is 2.68. The van der Waals surface area contributed by atoms with E-state index in [1.54, 1.807) is 0 Å². The first-order valence-corrected chi connectivity index (χ1v) is 5.61. The van der Waals surface area contributed by atoms with Crippen LogP contribution in [0.4, 0.5) is 0 Å². The first-order chi connectivity index (χ1) is 6.79. The Labute approximate surface area is 86.1 Å². The molecule has 82 valence electrons. The summed E-state index contributed by atoms with van der Waals surface area (Å²) in [6.45, 7) is 0. The fourth-order valence-electron chi connectivity index (χ4n) is 1.91. The average molecular weight is 200 g/mol. The van der Waals surface area contributed by atoms with Gasteiger partial charge in [0.05, 0.1) is 0 Å². The summed E-state index contributed by atoms with van der Waals surface area (Å²) >= 11 is 0. The summed E-state index contributed by atoms with van der Waals surface area (Å²) in [5.74, 6) is 0.914. The molecule has 0 spiro atoms. The lowest BCUT2D eigenvalue weighted by Gasteiger charge is -2.19. The third-order valence-corrected chi connectivity index (χ3v) is 2.68. The molecular formula is C10H24N4+2. The summed E-state index contributed by atoms with van der Waals surface area (Å²) < 4.78 is 0. The molecule has 8 N–H and O–H groups in total. The highest BCUT2D eigenvalue weighted by Gasteiger charge is 2.10. The van der Waals surface area contributed by atoms with Crippen LogP contribution in [0.2, 0.25) is 0 Å². The first-order valence-electron chi connectivity index (χ1n) is 5.61. The van der Waals surface area contributed by atoms with Crippen LogP contribution in [0.3, 0.4) is 0 Å². The van der Waals surface area contributed by atoms with Gasteiger partial charge in [-0.1, -0.05) is 38.2 Å². The lowest BCUT2D eigenvalue weighted by atomic mass is 9.87. The monoisotopic (exact) mass is 200 g/mol. The predicted molar refractivity (Wildman–Crippen MR) is 56.2 cm³/mol. The minimum Gasteiger partial charge on any atom is -0.319 e. The van der Waals surface area contributed by atoms with E-state index in [1.807, 2.05) is 6.20 Å². The summed E-state index contributed by atoms with van der Waals surface area (Å²) in [6, 6.07) is 0. The number of rotatable bonds is 5. The van der Waals surface area contributed by atoms with Gasteiger partial charge in [0, 0.05) is 6.20 Å². The molecule has 1 aliphatic carbocycles. The molecule has 4 nitrogen and oxygen atoms in total. The van der Waals surface area contributed by atoms with Crippen LogP contribution < -0.4 is 22.3 Å². The van der Waals surface area contributed by atoms with Crippen molar-refractivity contribution in [2.45, 2.75) is 44.8 Å². The fraction of sp³-hybridized carbons (Fsp3) is 0.800. The molecule has 0 amide bonds. The van der Waals surface area contributed by atoms with Crippen LogP contribution in [0.25, 0.3) is 0 Å². The smallest absolute Gasteiger partial charge is 0.284 e. The van der Waals surface area contributed by atoms with Gasteiger partial charge >= 0.3 is 0 Å². The molecule has 0 bridgehead atoms. The average Bonchev–Trinajstić information content (AvgIpc) is 2.18. The van der Waals surface area contributed by atoms with Crippen LogP contribution in [0.15, 0.2) is 12.3 Å². The van der Waals surface area contributed by atoms with E-state index in [9.17, 15) is 0 Å². The van der Waals surface area contributed by atoms with Crippen LogP contribution >= 0.6 is 0 Å². The molecule has 0 saturated heterocycles. The number of hydrogen-bond acceptors (Lipinski definition) is 2. The van der Waals surface area contributed by atoms with Gasteiger partial charge in [0.1, 0.15) is 0 Å². The van der Waals surface area contributed by atoms with Crippen molar-refractivity contribution in [3.63, 3.8) is 0 Å². The summed E-state index contributed by atoms with van der Waals surface area (Å²) in [4.78, 5) is 0. The van der Waals surface area contributed by atoms with Gasteiger partial charge in [-0.2, -0.15) is 0 Å². The Kier molecular flexibility index (Phi) is 5.59. The van der Waals surface area contributed by atoms with Gasteiger partial charge in [-0.3, -0.25) is 11.5 Å². The molecule has 0 unspecified atom stereocenters. The van der Waals surface area contributed by atoms with Crippen molar-refractivity contribution < 1.29 is 11.5 Å². The number of allylic oxidation sites excluding steroid dienone is 1. The van der Waals surface area contributed by atoms with Crippen molar-refractivity contribution in [1.82, 2.24) is 10.9 Å². The van der Waals surface area contributed by atoms with Crippen molar-refractivity contribution in [2.24, 2.45) is 5.92 Å². The summed E-state index contributed by atoms with van der Waals surface area (Å²) in [5.41, 5.74) is 13.3. The Morgan fingerprint density at radius 2 is 1.93 bits per heavy atom. The molecule has 1 fully saturated rings. The zero-order chi connectivity index (χ0) is 10.2. The highest BCUT2D eigenvalue weighted by atomic mass is 15.4. The van der Waals surface area contributed by atoms with Gasteiger partial charge in [-0.25, -0.2) is 0 Å². The minimum atomic E-state index is -0.00525. The Hall–Kier alpha value is -0.580. The second-order valence-corrected chi connectivity index (χ2v) is 4.13. The molecule has 0 aromatic carbocycles. The maximum absolute atomic E-state index is 3.71. The Morgan fingerprint density at radius 3 is 2.57 bits per heavy atom. The van der Waals surface area contributed by atoms with E-state index < -0.39 is 0 Å². The molecule has 0 aliphatic heterocycles. The van der Waals surface area contributed by atoms with Crippen LogP contribution in [-0.4, -0.2) is 6.29 Å². The largest absolute Gasteiger partial charge is 0.319 e. The predicted octanol–water partition coefficient (Wildman–Crippen LogP) is -0.668. The maximum Gasteiger partial charge on any atom is 0.284 e. The number of hydrogen-bond donors (Lipinski definition) is 4. The zero-order valence-electron chi connectivity index (χ0n) is 8.97. The molecule has 1 saturated carbocycles. The molecule has 4 heteroatoms. The molecule has 1 aliphatic rings. The van der Waals surface area contributed by atoms with Crippen molar-refractivity contribution in [1.29, 1.82) is 0 Å². The van der Waals surface area contributed by atoms with E-state index in [-0.39, 0.29) is 6.29 Å². The van der Waals surface area contributed by atoms with Crippen LogP contribution in [-0.2, 0) is 0 Å². The quantitative estimate of drug-likeness (QED) is 0.351. The van der Waals surface area contributed by atoms with Crippen molar-refractivity contribution in [3.8, 4) is 0 Å². The topological polar surface area (TPSA) is 79.3 Å². The highest BCUT2D eigenvalue weighted by Crippen LogP contribution is 2.26. The third kappa shape index (κ3) is 5.21. The molecule has 0 aromatic heterocycles. The van der Waals surface area contributed by atoms with Gasteiger partial charge in [0.25, 0.3) is 6.29 Å². The molecule has 0 heterocycles. The van der Waals surface area contributed by atoms with E-state index in [2.05, 4.69) is 28.4 Å². The Balaban J connectivity index is 2.00. The summed E-state index contributed by atoms with van der Waals surface area (Å²) in [6.07, 6.45) is 12.4. The van der Waals surface area contributed by atoms with E-state index in [0.717, 1.165) is 5.92 Å². The summed E-state index contributed by atoms with van der Waals surface area (Å²) in [5, 5.41) is 0. The molecule has 14 heavy (non-hydrogen) atoms. The van der Waals surface area contributed by atoms with Crippen LogP contribution in [0.5, 0.6) is 0 Å². The van der Waals surface area contributed by atoms with Crippen LogP contribution in [0, 0.1) is 5.92 Å². The van der Waals surface area contributed by atoms with Gasteiger partial charge in [0.15, 0.2) is 0 Å². The van der Waals surface area contributed by atoms with Crippen molar-refractivity contribution in [2.75, 3.05) is 0 Å². The maximum atomic E-state index is 3.71. The molecule has 0 radical (unpaired) electrons. The molecule has 0 atom stereocenters. The first kappa shape index (κ1) is 11.5. The minimum absolute atomic E-state index is 0.00525. The second-order valence-electron chi connectivity index (χ2n) is 4.13. The highest BCUT2D eigenvalue weighted by molar-refractivity contribution is 4.82. The van der Waals surface area contributed by atoms with Gasteiger partial charge in [-0.15, -0.1) is 5.43 Å². The Bertz CT molecular complexity index is 162. The van der Waals surface area contributed by atoms with Gasteiger partial charge < -0.3 is 5.43 Å². The number of hydrazine groups is 1. The Morgan fingerprint density at radius 1 is 1.21 bits per heavy atom. The zero-order valence-corrected chi connectivity index (χ0v) is 8.97. The number of nitrogens with one attached hydrogen (secondary N) is 2. The molecule has 0 aromatic rings. The number of quaternary nitrogens is 2. The van der Waals surface area contributed by atoms with E-state index in [1.165, 1.54) is 38.5 Å². The van der Waals surface area contributed by atoms with Crippen molar-refractivity contribution in [3.05, 3.63) is 12.3 Å². The second kappa shape index (κ2) is 6.81. The normalized spacial score (nSPS) is 19.4. The lowest BCUT2D eigenvalue weighted by Crippen LogP contribution is -2.90. The summed E-state index contributed by atoms with van der Waals surface area (Å²) in [7, 11) is 0. The van der Waals surface area contributed by atoms with Gasteiger partial charge in [-0.05, 0) is 12.3 Å². The SMILES string of the molecule is [NH3+]C([NH3+])NNC=CCC1CCCCC1. The van der Waals surface area contributed by atoms with Crippen molar-refractivity contribution >= 4 is 0 Å². The lowest BCUT2D eigenvalue weighted by molar-refractivity contribution is -0.667. The van der Waals surface area contributed by atoms with E-state index in [4.69, 9.17) is 0 Å². The molecule has 1 rings (SSSR count). The van der Waals surface area contributed by atoms with Crippen LogP contribution in [0.1, 0.15) is 38.5 Å². The van der Waals surface area contributed by atoms with E-state index in [0.29, 0.717) is 0 Å². The standard InChI is InChI=1S/C10H22N4/c11-10(12)14-13-8-4-7-9-5-2-1-3-6-9/h4,8-10,13-14H,1-3,5-7,11-12H2/p+2. The fourth-order valence-corrected chi connectivity index (χ4v) is 1.91. The van der Waals surface area contributed by atoms with Gasteiger partial charge in [0.2, 0.25) is 0 Å². The molecular weight excluding hydrogens is 176 g/mol. The van der Waals surface area contributed by atoms with E-state index >= 15 is 0 Å².